The Kier molecular flexibility index (Phi) is 4.30. The first-order valence-electron chi connectivity index (χ1n) is 9.78. The predicted molar refractivity (Wildman–Crippen MR) is 94.2 cm³/mol. The van der Waals surface area contributed by atoms with Gasteiger partial charge < -0.3 is 20.1 Å². The number of hydrogen-bond acceptors (Lipinski definition) is 7. The molecule has 4 aliphatic rings. The molecule has 2 saturated heterocycles. The maximum Gasteiger partial charge on any atom is 0.309 e. The van der Waals surface area contributed by atoms with Gasteiger partial charge in [0.25, 0.3) is 0 Å². The molecule has 0 aromatic rings. The molecule has 0 amide bonds. The van der Waals surface area contributed by atoms with E-state index in [0.29, 0.717) is 32.1 Å². The van der Waals surface area contributed by atoms with E-state index in [-0.39, 0.29) is 31.5 Å². The lowest BCUT2D eigenvalue weighted by Crippen LogP contribution is -2.69. The molecule has 0 radical (unpaired) electrons. The largest absolute Gasteiger partial charge is 0.462 e. The van der Waals surface area contributed by atoms with Gasteiger partial charge in [-0.1, -0.05) is 20.4 Å². The third kappa shape index (κ3) is 2.55. The smallest absolute Gasteiger partial charge is 0.309 e. The van der Waals surface area contributed by atoms with Crippen molar-refractivity contribution in [2.45, 2.75) is 75.8 Å². The molecule has 0 unspecified atom stereocenters. The van der Waals surface area contributed by atoms with Crippen LogP contribution in [0.4, 0.5) is 0 Å². The van der Waals surface area contributed by atoms with E-state index < -0.39 is 34.2 Å². The molecule has 7 heteroatoms. The molecule has 27 heavy (non-hydrogen) atoms. The summed E-state index contributed by atoms with van der Waals surface area (Å²) in [6, 6.07) is 0. The summed E-state index contributed by atoms with van der Waals surface area (Å²) in [6.45, 7) is 8.16. The Morgan fingerprint density at radius 2 is 1.93 bits per heavy atom. The van der Waals surface area contributed by atoms with E-state index in [9.17, 15) is 20.1 Å². The quantitative estimate of drug-likeness (QED) is 0.356. The lowest BCUT2D eigenvalue weighted by molar-refractivity contribution is -0.461. The first kappa shape index (κ1) is 19.3. The zero-order chi connectivity index (χ0) is 19.7. The summed E-state index contributed by atoms with van der Waals surface area (Å²) in [5.41, 5.74) is -2.21. The van der Waals surface area contributed by atoms with Gasteiger partial charge in [0, 0.05) is 17.9 Å². The molecule has 2 spiro atoms. The molecule has 2 heterocycles. The minimum atomic E-state index is -0.883. The summed E-state index contributed by atoms with van der Waals surface area (Å²) in [5.74, 6) is -0.569. The predicted octanol–water partition coefficient (Wildman–Crippen LogP) is 1.25. The van der Waals surface area contributed by atoms with E-state index in [4.69, 9.17) is 14.5 Å². The summed E-state index contributed by atoms with van der Waals surface area (Å²) in [6.07, 6.45) is 1.22. The number of carbonyl (C=O) groups excluding carboxylic acids is 1. The van der Waals surface area contributed by atoms with E-state index in [1.807, 2.05) is 13.8 Å². The molecule has 4 fully saturated rings. The molecule has 7 atom stereocenters. The van der Waals surface area contributed by atoms with Crippen LogP contribution in [0.5, 0.6) is 0 Å². The Balaban J connectivity index is 1.72. The minimum Gasteiger partial charge on any atom is -0.462 e. The van der Waals surface area contributed by atoms with E-state index in [0.717, 1.165) is 5.57 Å². The number of esters is 1. The second-order valence-corrected chi connectivity index (χ2v) is 9.66. The lowest BCUT2D eigenvalue weighted by atomic mass is 9.43. The number of aliphatic hydroxyl groups is 3. The van der Waals surface area contributed by atoms with Gasteiger partial charge in [0.15, 0.2) is 0 Å². The van der Waals surface area contributed by atoms with E-state index in [1.165, 1.54) is 0 Å². The van der Waals surface area contributed by atoms with Crippen molar-refractivity contribution < 1.29 is 34.6 Å². The van der Waals surface area contributed by atoms with E-state index >= 15 is 0 Å². The number of cyclic esters (lactones) is 1. The summed E-state index contributed by atoms with van der Waals surface area (Å²) in [7, 11) is 0. The molecule has 4 rings (SSSR count). The number of ether oxygens (including phenoxy) is 1. The van der Waals surface area contributed by atoms with Crippen molar-refractivity contribution in [3.63, 3.8) is 0 Å². The van der Waals surface area contributed by atoms with Crippen LogP contribution >= 0.6 is 0 Å². The molecular weight excluding hydrogens is 352 g/mol. The summed E-state index contributed by atoms with van der Waals surface area (Å²) >= 11 is 0. The Hall–Kier alpha value is -0.990. The Bertz CT molecular complexity index is 653. The Labute approximate surface area is 159 Å². The van der Waals surface area contributed by atoms with Crippen molar-refractivity contribution >= 4 is 5.97 Å². The van der Waals surface area contributed by atoms with Gasteiger partial charge in [0.2, 0.25) is 0 Å². The van der Waals surface area contributed by atoms with Crippen molar-refractivity contribution in [3.8, 4) is 0 Å². The van der Waals surface area contributed by atoms with Crippen LogP contribution in [-0.2, 0) is 19.3 Å². The highest BCUT2D eigenvalue weighted by molar-refractivity contribution is 5.73. The van der Waals surface area contributed by atoms with Crippen molar-refractivity contribution in [2.75, 3.05) is 13.2 Å². The Morgan fingerprint density at radius 1 is 1.19 bits per heavy atom. The molecule has 2 aliphatic heterocycles. The highest BCUT2D eigenvalue weighted by Gasteiger charge is 2.69. The number of fused-ring (bicyclic) bond motifs is 2. The van der Waals surface area contributed by atoms with Crippen LogP contribution in [0.3, 0.4) is 0 Å². The highest BCUT2D eigenvalue weighted by atomic mass is 17.2. The molecular formula is C20H30O7. The van der Waals surface area contributed by atoms with Gasteiger partial charge in [-0.2, -0.15) is 0 Å². The van der Waals surface area contributed by atoms with E-state index in [1.54, 1.807) is 0 Å². The minimum absolute atomic E-state index is 0.128. The normalized spacial score (nSPS) is 52.9. The van der Waals surface area contributed by atoms with Crippen molar-refractivity contribution in [1.29, 1.82) is 0 Å². The third-order valence-electron chi connectivity index (χ3n) is 7.75. The van der Waals surface area contributed by atoms with Gasteiger partial charge >= 0.3 is 5.97 Å². The summed E-state index contributed by atoms with van der Waals surface area (Å²) in [5, 5.41) is 31.7. The van der Waals surface area contributed by atoms with Gasteiger partial charge in [-0.15, -0.1) is 0 Å². The molecule has 3 N–H and O–H groups in total. The SMILES string of the molecule is C=C1C[C@H](O)[C@H]2[C@@](C)(CO)C[C@H](O)C[C@]2(C)[C@@]12CC[C@]1(COC(=O)C1)OO2. The zero-order valence-corrected chi connectivity index (χ0v) is 16.1. The maximum absolute atomic E-state index is 11.6. The molecule has 2 aliphatic carbocycles. The van der Waals surface area contributed by atoms with Gasteiger partial charge in [0.05, 0.1) is 18.6 Å². The molecule has 152 valence electrons. The summed E-state index contributed by atoms with van der Waals surface area (Å²) < 4.78 is 5.09. The van der Waals surface area contributed by atoms with Gasteiger partial charge in [-0.25, -0.2) is 9.78 Å². The monoisotopic (exact) mass is 382 g/mol. The topological polar surface area (TPSA) is 105 Å². The second kappa shape index (κ2) is 6.00. The number of rotatable bonds is 1. The van der Waals surface area contributed by atoms with Crippen molar-refractivity contribution in [1.82, 2.24) is 0 Å². The zero-order valence-electron chi connectivity index (χ0n) is 16.1. The third-order valence-corrected chi connectivity index (χ3v) is 7.75. The van der Waals surface area contributed by atoms with Crippen LogP contribution < -0.4 is 0 Å². The first-order chi connectivity index (χ1) is 12.6. The number of aliphatic hydroxyl groups excluding tert-OH is 3. The van der Waals surface area contributed by atoms with Crippen LogP contribution in [0.15, 0.2) is 12.2 Å². The number of carbonyl (C=O) groups is 1. The average Bonchev–Trinajstić information content (AvgIpc) is 2.94. The summed E-state index contributed by atoms with van der Waals surface area (Å²) in [4.78, 5) is 23.5. The van der Waals surface area contributed by atoms with Crippen LogP contribution in [-0.4, -0.2) is 57.9 Å². The average molecular weight is 382 g/mol. The van der Waals surface area contributed by atoms with Gasteiger partial charge in [-0.3, -0.25) is 4.79 Å². The molecule has 0 aromatic carbocycles. The van der Waals surface area contributed by atoms with Crippen LogP contribution in [0, 0.1) is 16.7 Å². The molecule has 2 saturated carbocycles. The van der Waals surface area contributed by atoms with Gasteiger partial charge in [-0.05, 0) is 43.1 Å². The van der Waals surface area contributed by atoms with Crippen LogP contribution in [0.25, 0.3) is 0 Å². The fourth-order valence-electron chi connectivity index (χ4n) is 6.58. The van der Waals surface area contributed by atoms with Gasteiger partial charge in [0.1, 0.15) is 17.8 Å². The fourth-order valence-corrected chi connectivity index (χ4v) is 6.58. The van der Waals surface area contributed by atoms with Crippen molar-refractivity contribution in [2.24, 2.45) is 16.7 Å². The lowest BCUT2D eigenvalue weighted by Gasteiger charge is -2.65. The molecule has 0 aromatic heterocycles. The second-order valence-electron chi connectivity index (χ2n) is 9.66. The fraction of sp³-hybridized carbons (Fsp3) is 0.850. The van der Waals surface area contributed by atoms with E-state index in [2.05, 4.69) is 6.58 Å². The van der Waals surface area contributed by atoms with Crippen LogP contribution in [0.1, 0.15) is 52.4 Å². The standard InChI is InChI=1S/C20H30O7/c1-12-6-14(23)16-17(2,10-21)7-13(22)8-18(16,3)20(12)5-4-19(26-27-20)9-15(24)25-11-19/h13-14,16,21-23H,1,4-11H2,2-3H3/t13-,14-,16-,17+,18-,19-,20+/m0/s1. The molecule has 0 bridgehead atoms. The maximum atomic E-state index is 11.6. The highest BCUT2D eigenvalue weighted by Crippen LogP contribution is 2.66. The van der Waals surface area contributed by atoms with Crippen LogP contribution in [0.2, 0.25) is 0 Å². The molecule has 7 nitrogen and oxygen atoms in total. The first-order valence-corrected chi connectivity index (χ1v) is 9.78. The van der Waals surface area contributed by atoms with Crippen molar-refractivity contribution in [3.05, 3.63) is 12.2 Å². The number of hydrogen-bond donors (Lipinski definition) is 3. The Morgan fingerprint density at radius 3 is 2.48 bits per heavy atom.